The van der Waals surface area contributed by atoms with E-state index in [0.29, 0.717) is 15.5 Å². The van der Waals surface area contributed by atoms with Crippen molar-refractivity contribution < 1.29 is 36.7 Å². The van der Waals surface area contributed by atoms with E-state index in [-0.39, 0.29) is 35.3 Å². The first-order chi connectivity index (χ1) is 12.8. The Labute approximate surface area is 199 Å². The Bertz CT molecular complexity index is 441. The van der Waals surface area contributed by atoms with Crippen molar-refractivity contribution in [1.29, 1.82) is 0 Å². The molecule has 0 unspecified atom stereocenters. The van der Waals surface area contributed by atoms with Crippen molar-refractivity contribution in [2.24, 2.45) is 0 Å². The second-order valence-corrected chi connectivity index (χ2v) is 17.8. The zero-order chi connectivity index (χ0) is 23.5. The molecule has 0 saturated heterocycles. The summed E-state index contributed by atoms with van der Waals surface area (Å²) in [5.74, 6) is 1.46. The zero-order valence-electron chi connectivity index (χ0n) is 20.7. The molecule has 1 aliphatic carbocycles. The fourth-order valence-electron chi connectivity index (χ4n) is 2.71. The summed E-state index contributed by atoms with van der Waals surface area (Å²) in [4.78, 5) is 0. The molecule has 1 aliphatic rings. The second-order valence-electron chi connectivity index (χ2n) is 10.4. The molecule has 0 amide bonds. The molecule has 1 rings (SSSR count). The summed E-state index contributed by atoms with van der Waals surface area (Å²) in [6, 6.07) is 0. The van der Waals surface area contributed by atoms with Crippen molar-refractivity contribution in [2.75, 3.05) is 12.6 Å². The first kappa shape index (κ1) is 35.3. The van der Waals surface area contributed by atoms with Crippen LogP contribution in [0, 0.1) is 0 Å². The second kappa shape index (κ2) is 15.6. The minimum Gasteiger partial charge on any atom is -0.418 e. The van der Waals surface area contributed by atoms with Gasteiger partial charge in [0.15, 0.2) is 0 Å². The zero-order valence-corrected chi connectivity index (χ0v) is 24.1. The third kappa shape index (κ3) is 23.4. The molecule has 0 aromatic rings. The maximum atomic E-state index is 9.75. The standard InChI is InChI=1S/C14H32P2.C8H12.BF4.Rh/c1-12(2,3)15(10)11-16(13(4,5)6)14(7,8)9;1-2-4-6-8-7-5-3-1;2-1(3,4)5;/h11H2,1-10H3;1-2,7-8H,3-6H2;;/q;;-1;/b;2-1-,8-7-;;/t15-;;;/m1.../s1. The van der Waals surface area contributed by atoms with Gasteiger partial charge in [-0.1, -0.05) is 102 Å². The van der Waals surface area contributed by atoms with E-state index in [4.69, 9.17) is 0 Å². The van der Waals surface area contributed by atoms with Crippen molar-refractivity contribution in [3.63, 3.8) is 0 Å². The molecule has 0 heterocycles. The Kier molecular flexibility index (Phi) is 18.3. The molecule has 0 bridgehead atoms. The summed E-state index contributed by atoms with van der Waals surface area (Å²) in [5, 5.41) is 1.47. The molecule has 1 radical (unpaired) electrons. The van der Waals surface area contributed by atoms with Crippen LogP contribution in [0.25, 0.3) is 0 Å². The molecule has 183 valence electrons. The summed E-state index contributed by atoms with van der Waals surface area (Å²) >= 11 is 0. The molecule has 0 fully saturated rings. The van der Waals surface area contributed by atoms with Crippen LogP contribution < -0.4 is 0 Å². The molecular weight excluding hydrogens is 516 g/mol. The SMILES string of the molecule is C1=C\CC/C=C\CC/1.C[P@](CP(C(C)(C)C)C(C)(C)C)C(C)(C)C.F[B-](F)(F)F.[Rh]. The number of allylic oxidation sites excluding steroid dienone is 4. The summed E-state index contributed by atoms with van der Waals surface area (Å²) in [6.07, 6.45) is 14.0. The molecule has 0 nitrogen and oxygen atoms in total. The van der Waals surface area contributed by atoms with Crippen molar-refractivity contribution in [1.82, 2.24) is 0 Å². The molecule has 1 atom stereocenters. The Morgan fingerprint density at radius 1 is 0.633 bits per heavy atom. The van der Waals surface area contributed by atoms with E-state index >= 15 is 0 Å². The molecule has 0 N–H and O–H groups in total. The van der Waals surface area contributed by atoms with Crippen molar-refractivity contribution >= 4 is 23.1 Å². The van der Waals surface area contributed by atoms with Gasteiger partial charge >= 0.3 is 7.25 Å². The Morgan fingerprint density at radius 2 is 0.867 bits per heavy atom. The summed E-state index contributed by atoms with van der Waals surface area (Å²) in [5.41, 5.74) is 0. The van der Waals surface area contributed by atoms with Crippen LogP contribution >= 0.6 is 15.8 Å². The number of hydrogen-bond donors (Lipinski definition) is 0. The minimum absolute atomic E-state index is 0. The van der Waals surface area contributed by atoms with Crippen molar-refractivity contribution in [2.45, 2.75) is 103 Å². The van der Waals surface area contributed by atoms with E-state index in [1.54, 1.807) is 0 Å². The van der Waals surface area contributed by atoms with Gasteiger partial charge in [-0.2, -0.15) is 0 Å². The van der Waals surface area contributed by atoms with E-state index in [1.807, 2.05) is 0 Å². The van der Waals surface area contributed by atoms with Crippen LogP contribution in [-0.2, 0) is 19.5 Å². The molecule has 0 aliphatic heterocycles. The van der Waals surface area contributed by atoms with Gasteiger partial charge in [0.2, 0.25) is 0 Å². The molecule has 0 spiro atoms. The van der Waals surface area contributed by atoms with E-state index in [0.717, 1.165) is 0 Å². The number of halogens is 4. The third-order valence-electron chi connectivity index (χ3n) is 4.45. The predicted octanol–water partition coefficient (Wildman–Crippen LogP) is 9.90. The largest absolute Gasteiger partial charge is 0.673 e. The third-order valence-corrected chi connectivity index (χ3v) is 12.8. The van der Waals surface area contributed by atoms with Gasteiger partial charge in [-0.3, -0.25) is 0 Å². The fourth-order valence-corrected chi connectivity index (χ4v) is 11.5. The summed E-state index contributed by atoms with van der Waals surface area (Å²) < 4.78 is 39.0. The van der Waals surface area contributed by atoms with Gasteiger partial charge < -0.3 is 17.3 Å². The van der Waals surface area contributed by atoms with Crippen LogP contribution in [0.4, 0.5) is 17.3 Å². The normalized spacial score (nSPS) is 18.4. The Morgan fingerprint density at radius 3 is 1.03 bits per heavy atom. The van der Waals surface area contributed by atoms with Gasteiger partial charge in [0.25, 0.3) is 0 Å². The average Bonchev–Trinajstić information content (AvgIpc) is 2.38. The summed E-state index contributed by atoms with van der Waals surface area (Å²) in [6.45, 7) is 24.2. The molecule has 30 heavy (non-hydrogen) atoms. The van der Waals surface area contributed by atoms with Crippen molar-refractivity contribution in [3.8, 4) is 0 Å². The average molecular weight is 560 g/mol. The summed E-state index contributed by atoms with van der Waals surface area (Å²) in [7, 11) is -5.78. The van der Waals surface area contributed by atoms with Gasteiger partial charge in [-0.15, -0.1) is 0 Å². The van der Waals surface area contributed by atoms with Crippen LogP contribution in [-0.4, -0.2) is 35.3 Å². The van der Waals surface area contributed by atoms with Crippen LogP contribution in [0.3, 0.4) is 0 Å². The molecule has 0 aromatic heterocycles. The maximum absolute atomic E-state index is 9.75. The predicted molar refractivity (Wildman–Crippen MR) is 131 cm³/mol. The van der Waals surface area contributed by atoms with E-state index in [9.17, 15) is 17.3 Å². The van der Waals surface area contributed by atoms with Crippen LogP contribution in [0.15, 0.2) is 24.3 Å². The first-order valence-electron chi connectivity index (χ1n) is 10.4. The first-order valence-corrected chi connectivity index (χ1v) is 13.9. The maximum Gasteiger partial charge on any atom is 0.673 e. The van der Waals surface area contributed by atoms with Crippen LogP contribution in [0.2, 0.25) is 0 Å². The van der Waals surface area contributed by atoms with Gasteiger partial charge in [-0.25, -0.2) is 0 Å². The number of rotatable bonds is 2. The smallest absolute Gasteiger partial charge is 0.418 e. The van der Waals surface area contributed by atoms with Gasteiger partial charge in [0.1, 0.15) is 0 Å². The molecule has 0 aromatic carbocycles. The number of hydrogen-bond acceptors (Lipinski definition) is 0. The molecular formula is C22H44BF4P2Rh-. The van der Waals surface area contributed by atoms with Gasteiger partial charge in [0, 0.05) is 19.5 Å². The monoisotopic (exact) mass is 560 g/mol. The quantitative estimate of drug-likeness (QED) is 0.137. The topological polar surface area (TPSA) is 0 Å². The van der Waals surface area contributed by atoms with E-state index in [1.165, 1.54) is 31.6 Å². The Hall–Kier alpha value is 0.748. The van der Waals surface area contributed by atoms with Gasteiger partial charge in [-0.05, 0) is 53.7 Å². The van der Waals surface area contributed by atoms with Gasteiger partial charge in [0.05, 0.1) is 0 Å². The molecule has 8 heteroatoms. The molecule has 0 saturated carbocycles. The van der Waals surface area contributed by atoms with Crippen LogP contribution in [0.1, 0.15) is 88.0 Å². The van der Waals surface area contributed by atoms with E-state index in [2.05, 4.69) is 93.3 Å². The minimum atomic E-state index is -6.00. The van der Waals surface area contributed by atoms with E-state index < -0.39 is 7.25 Å². The fraction of sp³-hybridized carbons (Fsp3) is 0.818. The Balaban J connectivity index is -0.000000431. The van der Waals surface area contributed by atoms with Crippen LogP contribution in [0.5, 0.6) is 0 Å². The van der Waals surface area contributed by atoms with Crippen molar-refractivity contribution in [3.05, 3.63) is 24.3 Å².